The van der Waals surface area contributed by atoms with Crippen LogP contribution < -0.4 is 9.47 Å². The summed E-state index contributed by atoms with van der Waals surface area (Å²) in [5.74, 6) is 0.928. The molecule has 1 amide bonds. The van der Waals surface area contributed by atoms with E-state index in [2.05, 4.69) is 4.90 Å². The number of methoxy groups -OCH3 is 1. The van der Waals surface area contributed by atoms with E-state index < -0.39 is 0 Å². The largest absolute Gasteiger partial charge is 0.493 e. The highest BCUT2D eigenvalue weighted by molar-refractivity contribution is 5.78. The van der Waals surface area contributed by atoms with Crippen LogP contribution in [0.3, 0.4) is 0 Å². The van der Waals surface area contributed by atoms with Crippen molar-refractivity contribution in [3.05, 3.63) is 23.8 Å². The summed E-state index contributed by atoms with van der Waals surface area (Å²) in [7, 11) is 1.59. The summed E-state index contributed by atoms with van der Waals surface area (Å²) < 4.78 is 21.7. The van der Waals surface area contributed by atoms with Gasteiger partial charge in [-0.15, -0.1) is 0 Å². The van der Waals surface area contributed by atoms with Crippen molar-refractivity contribution < 1.29 is 28.5 Å². The summed E-state index contributed by atoms with van der Waals surface area (Å²) in [5, 5.41) is 0. The minimum atomic E-state index is -0.103. The molecule has 1 aromatic carbocycles. The van der Waals surface area contributed by atoms with Crippen LogP contribution in [0.15, 0.2) is 18.2 Å². The number of hydrogen-bond donors (Lipinski definition) is 0. The van der Waals surface area contributed by atoms with Crippen LogP contribution in [0.5, 0.6) is 11.5 Å². The lowest BCUT2D eigenvalue weighted by Gasteiger charge is -2.31. The lowest BCUT2D eigenvalue weighted by molar-refractivity contribution is -0.150. The van der Waals surface area contributed by atoms with E-state index >= 15 is 0 Å². The lowest BCUT2D eigenvalue weighted by atomic mass is 9.97. The number of piperidine rings is 1. The van der Waals surface area contributed by atoms with Gasteiger partial charge in [-0.3, -0.25) is 14.5 Å². The van der Waals surface area contributed by atoms with Gasteiger partial charge >= 0.3 is 5.97 Å². The minimum Gasteiger partial charge on any atom is -0.493 e. The number of esters is 1. The molecule has 8 nitrogen and oxygen atoms in total. The molecule has 0 spiro atoms. The Morgan fingerprint density at radius 3 is 2.70 bits per heavy atom. The maximum Gasteiger partial charge on any atom is 0.310 e. The molecule has 0 unspecified atom stereocenters. The first-order valence-corrected chi connectivity index (χ1v) is 10.6. The molecular formula is C22H32N2O6. The number of carbonyl (C=O) groups excluding carboxylic acids is 2. The van der Waals surface area contributed by atoms with Gasteiger partial charge in [-0.25, -0.2) is 0 Å². The molecule has 2 fully saturated rings. The fraction of sp³-hybridized carbons (Fsp3) is 0.636. The molecule has 0 N–H and O–H groups in total. The van der Waals surface area contributed by atoms with E-state index in [4.69, 9.17) is 18.9 Å². The van der Waals surface area contributed by atoms with Crippen LogP contribution in [0, 0.1) is 5.92 Å². The van der Waals surface area contributed by atoms with Crippen molar-refractivity contribution in [1.29, 1.82) is 0 Å². The number of nitrogens with zero attached hydrogens (tertiary/aromatic N) is 2. The fourth-order valence-corrected chi connectivity index (χ4v) is 3.88. The highest BCUT2D eigenvalue weighted by Crippen LogP contribution is 2.29. The predicted octanol–water partition coefficient (Wildman–Crippen LogP) is 1.71. The molecule has 3 rings (SSSR count). The summed E-state index contributed by atoms with van der Waals surface area (Å²) in [4.78, 5) is 28.4. The summed E-state index contributed by atoms with van der Waals surface area (Å²) in [6.07, 6.45) is 1.86. The van der Waals surface area contributed by atoms with Gasteiger partial charge in [-0.05, 0) is 44.0 Å². The lowest BCUT2D eigenvalue weighted by Crippen LogP contribution is -2.43. The molecule has 0 aromatic heterocycles. The Bertz CT molecular complexity index is 720. The molecule has 1 aromatic rings. The first-order valence-electron chi connectivity index (χ1n) is 10.6. The van der Waals surface area contributed by atoms with Gasteiger partial charge in [0.15, 0.2) is 18.1 Å². The highest BCUT2D eigenvalue weighted by atomic mass is 16.5. The highest BCUT2D eigenvalue weighted by Gasteiger charge is 2.27. The second-order valence-corrected chi connectivity index (χ2v) is 7.59. The molecule has 2 heterocycles. The van der Waals surface area contributed by atoms with Crippen molar-refractivity contribution in [1.82, 2.24) is 9.80 Å². The van der Waals surface area contributed by atoms with Crippen molar-refractivity contribution in [3.63, 3.8) is 0 Å². The van der Waals surface area contributed by atoms with E-state index in [1.54, 1.807) is 12.0 Å². The van der Waals surface area contributed by atoms with Gasteiger partial charge in [0.05, 0.1) is 32.8 Å². The molecule has 2 saturated heterocycles. The van der Waals surface area contributed by atoms with Crippen molar-refractivity contribution in [2.75, 3.05) is 59.7 Å². The predicted molar refractivity (Wildman–Crippen MR) is 111 cm³/mol. The summed E-state index contributed by atoms with van der Waals surface area (Å²) in [6.45, 7) is 6.93. The third-order valence-corrected chi connectivity index (χ3v) is 5.47. The third-order valence-electron chi connectivity index (χ3n) is 5.47. The Morgan fingerprint density at radius 2 is 1.97 bits per heavy atom. The molecule has 166 valence electrons. The average Bonchev–Trinajstić information content (AvgIpc) is 2.78. The van der Waals surface area contributed by atoms with E-state index in [0.29, 0.717) is 51.0 Å². The Kier molecular flexibility index (Phi) is 8.33. The average molecular weight is 421 g/mol. The van der Waals surface area contributed by atoms with Gasteiger partial charge in [0.1, 0.15) is 0 Å². The SMILES string of the molecule is CCOC(=O)[C@@H]1CCCN(Cc2ccc(OCC(=O)N3CCOCC3)c(OC)c2)C1. The van der Waals surface area contributed by atoms with Crippen LogP contribution in [-0.4, -0.2) is 81.4 Å². The van der Waals surface area contributed by atoms with Gasteiger partial charge in [0.2, 0.25) is 0 Å². The smallest absolute Gasteiger partial charge is 0.310 e. The van der Waals surface area contributed by atoms with Crippen LogP contribution in [0.25, 0.3) is 0 Å². The Labute approximate surface area is 178 Å². The Balaban J connectivity index is 1.55. The van der Waals surface area contributed by atoms with Gasteiger partial charge in [-0.2, -0.15) is 0 Å². The van der Waals surface area contributed by atoms with Crippen LogP contribution in [0.1, 0.15) is 25.3 Å². The molecule has 0 bridgehead atoms. The molecule has 30 heavy (non-hydrogen) atoms. The minimum absolute atomic E-state index is 0.0248. The van der Waals surface area contributed by atoms with E-state index in [-0.39, 0.29) is 24.4 Å². The van der Waals surface area contributed by atoms with Crippen molar-refractivity contribution in [3.8, 4) is 11.5 Å². The monoisotopic (exact) mass is 420 g/mol. The second kappa shape index (κ2) is 11.2. The summed E-state index contributed by atoms with van der Waals surface area (Å²) in [5.41, 5.74) is 1.07. The molecular weight excluding hydrogens is 388 g/mol. The number of hydrogen-bond acceptors (Lipinski definition) is 7. The molecule has 0 saturated carbocycles. The summed E-state index contributed by atoms with van der Waals surface area (Å²) in [6, 6.07) is 5.75. The summed E-state index contributed by atoms with van der Waals surface area (Å²) >= 11 is 0. The van der Waals surface area contributed by atoms with Crippen molar-refractivity contribution >= 4 is 11.9 Å². The zero-order chi connectivity index (χ0) is 21.3. The number of likely N-dealkylation sites (tertiary alicyclic amines) is 1. The quantitative estimate of drug-likeness (QED) is 0.593. The van der Waals surface area contributed by atoms with Crippen LogP contribution in [-0.2, 0) is 25.6 Å². The van der Waals surface area contributed by atoms with Crippen LogP contribution >= 0.6 is 0 Å². The van der Waals surface area contributed by atoms with Gasteiger partial charge in [0, 0.05) is 26.2 Å². The standard InChI is InChI=1S/C22H32N2O6/c1-3-29-22(26)18-5-4-8-23(15-18)14-17-6-7-19(20(13-17)27-2)30-16-21(25)24-9-11-28-12-10-24/h6-7,13,18H,3-5,8-12,14-16H2,1-2H3/t18-/m1/s1. The number of ether oxygens (including phenoxy) is 4. The van der Waals surface area contributed by atoms with E-state index in [1.807, 2.05) is 25.1 Å². The Hall–Kier alpha value is -2.32. The topological polar surface area (TPSA) is 77.5 Å². The van der Waals surface area contributed by atoms with Gasteiger partial charge in [0.25, 0.3) is 5.91 Å². The zero-order valence-electron chi connectivity index (χ0n) is 17.9. The van der Waals surface area contributed by atoms with E-state index in [9.17, 15) is 9.59 Å². The van der Waals surface area contributed by atoms with Crippen molar-refractivity contribution in [2.24, 2.45) is 5.92 Å². The first-order chi connectivity index (χ1) is 14.6. The van der Waals surface area contributed by atoms with Crippen molar-refractivity contribution in [2.45, 2.75) is 26.3 Å². The number of carbonyl (C=O) groups is 2. The van der Waals surface area contributed by atoms with E-state index in [0.717, 1.165) is 31.5 Å². The number of morpholine rings is 1. The van der Waals surface area contributed by atoms with Gasteiger partial charge < -0.3 is 23.8 Å². The molecule has 2 aliphatic rings. The third kappa shape index (κ3) is 6.09. The number of rotatable bonds is 8. The molecule has 0 radical (unpaired) electrons. The number of benzene rings is 1. The molecule has 2 aliphatic heterocycles. The Morgan fingerprint density at radius 1 is 1.17 bits per heavy atom. The second-order valence-electron chi connectivity index (χ2n) is 7.59. The van der Waals surface area contributed by atoms with E-state index in [1.165, 1.54) is 0 Å². The van der Waals surface area contributed by atoms with Gasteiger partial charge in [-0.1, -0.05) is 6.07 Å². The first kappa shape index (κ1) is 22.4. The van der Waals surface area contributed by atoms with Crippen LogP contribution in [0.4, 0.5) is 0 Å². The molecule has 8 heteroatoms. The maximum absolute atomic E-state index is 12.3. The molecule has 1 atom stereocenters. The molecule has 0 aliphatic carbocycles. The maximum atomic E-state index is 12.3. The zero-order valence-corrected chi connectivity index (χ0v) is 17.9. The van der Waals surface area contributed by atoms with Crippen LogP contribution in [0.2, 0.25) is 0 Å². The normalized spacial score (nSPS) is 19.9. The number of amides is 1. The fourth-order valence-electron chi connectivity index (χ4n) is 3.88.